The Morgan fingerprint density at radius 2 is 2.10 bits per heavy atom. The summed E-state index contributed by atoms with van der Waals surface area (Å²) in [6, 6.07) is 5.16. The number of H-pyrrole nitrogens is 1. The fraction of sp³-hybridized carbons (Fsp3) is 0.526. The monoisotopic (exact) mass is 434 g/mol. The number of anilines is 2. The smallest absolute Gasteiger partial charge is 0.407 e. The van der Waals surface area contributed by atoms with E-state index in [9.17, 15) is 13.2 Å². The number of ether oxygens (including phenoxy) is 1. The summed E-state index contributed by atoms with van der Waals surface area (Å²) in [7, 11) is -1.88. The van der Waals surface area contributed by atoms with Crippen molar-refractivity contribution in [3.63, 3.8) is 0 Å². The zero-order valence-electron chi connectivity index (χ0n) is 17.2. The Morgan fingerprint density at radius 1 is 1.30 bits per heavy atom. The molecule has 3 N–H and O–H groups in total. The molecule has 2 aliphatic rings. The molecule has 0 aromatic carbocycles. The minimum absolute atomic E-state index is 0.0456. The molecule has 0 bridgehead atoms. The molecule has 1 fully saturated rings. The maximum Gasteiger partial charge on any atom is 0.407 e. The van der Waals surface area contributed by atoms with E-state index in [0.29, 0.717) is 17.3 Å². The molecule has 2 aromatic rings. The minimum Gasteiger partial charge on any atom is -0.446 e. The van der Waals surface area contributed by atoms with Gasteiger partial charge >= 0.3 is 6.09 Å². The summed E-state index contributed by atoms with van der Waals surface area (Å²) < 4.78 is 31.1. The van der Waals surface area contributed by atoms with E-state index in [1.807, 2.05) is 19.9 Å². The van der Waals surface area contributed by atoms with E-state index in [1.165, 1.54) is 11.4 Å². The van der Waals surface area contributed by atoms with Crippen LogP contribution in [-0.2, 0) is 21.3 Å². The standard InChI is InChI=1S/C19H26N6O4S/c1-11(2)20-19(26)29-13-5-4-12(8-13)14-9-18(24-23-14)22-17-7-6-16-15(21-17)10-25(3)30(16,27)28/h6-7,9,11-13H,4-5,8,10H2,1-3H3,(H,20,26)(H2,21,22,23,24)/t12-,13?/m0/s1. The lowest BCUT2D eigenvalue weighted by Gasteiger charge is -2.14. The summed E-state index contributed by atoms with van der Waals surface area (Å²) in [5, 5.41) is 13.2. The number of carbonyl (C=O) groups is 1. The lowest BCUT2D eigenvalue weighted by atomic mass is 10.0. The van der Waals surface area contributed by atoms with Gasteiger partial charge in [0.05, 0.1) is 12.2 Å². The highest BCUT2D eigenvalue weighted by molar-refractivity contribution is 7.89. The number of amides is 1. The SMILES string of the molecule is CC(C)NC(=O)OC1CC[C@H](c2cc(Nc3ccc4c(n3)CN(C)S4(=O)=O)n[nH]2)C1. The van der Waals surface area contributed by atoms with Gasteiger partial charge in [-0.1, -0.05) is 0 Å². The van der Waals surface area contributed by atoms with Gasteiger partial charge in [-0.2, -0.15) is 9.40 Å². The molecule has 1 unspecified atom stereocenters. The zero-order chi connectivity index (χ0) is 21.5. The first kappa shape index (κ1) is 20.6. The molecule has 2 aromatic heterocycles. The van der Waals surface area contributed by atoms with Gasteiger partial charge in [-0.3, -0.25) is 5.10 Å². The van der Waals surface area contributed by atoms with Crippen LogP contribution in [-0.4, -0.2) is 53.2 Å². The number of nitrogens with one attached hydrogen (secondary N) is 3. The summed E-state index contributed by atoms with van der Waals surface area (Å²) in [5.74, 6) is 1.38. The van der Waals surface area contributed by atoms with Crippen LogP contribution in [0.1, 0.15) is 50.4 Å². The highest BCUT2D eigenvalue weighted by atomic mass is 32.2. The van der Waals surface area contributed by atoms with Crippen molar-refractivity contribution in [3.05, 3.63) is 29.6 Å². The molecule has 2 atom stereocenters. The number of hydrogen-bond acceptors (Lipinski definition) is 7. The Hall–Kier alpha value is -2.66. The molecular formula is C19H26N6O4S. The second-order valence-corrected chi connectivity index (χ2v) is 10.1. The number of aromatic nitrogens is 3. The van der Waals surface area contributed by atoms with Crippen molar-refractivity contribution < 1.29 is 17.9 Å². The average molecular weight is 435 g/mol. The van der Waals surface area contributed by atoms with Crippen LogP contribution in [0.15, 0.2) is 23.1 Å². The third kappa shape index (κ3) is 4.12. The van der Waals surface area contributed by atoms with E-state index in [0.717, 1.165) is 25.0 Å². The maximum atomic E-state index is 12.2. The van der Waals surface area contributed by atoms with Gasteiger partial charge in [-0.25, -0.2) is 18.2 Å². The molecule has 11 heteroatoms. The minimum atomic E-state index is -3.42. The molecule has 1 aliphatic heterocycles. The van der Waals surface area contributed by atoms with Crippen LogP contribution < -0.4 is 10.6 Å². The van der Waals surface area contributed by atoms with Crippen LogP contribution in [0.3, 0.4) is 0 Å². The fourth-order valence-electron chi connectivity index (χ4n) is 3.86. The van der Waals surface area contributed by atoms with Gasteiger partial charge in [0.25, 0.3) is 0 Å². The van der Waals surface area contributed by atoms with Gasteiger partial charge in [0.2, 0.25) is 10.0 Å². The number of nitrogens with zero attached hydrogens (tertiary/aromatic N) is 3. The van der Waals surface area contributed by atoms with Crippen LogP contribution in [0, 0.1) is 0 Å². The molecule has 1 aliphatic carbocycles. The topological polar surface area (TPSA) is 129 Å². The highest BCUT2D eigenvalue weighted by Crippen LogP contribution is 2.36. The molecule has 1 amide bonds. The Balaban J connectivity index is 1.38. The third-order valence-corrected chi connectivity index (χ3v) is 7.23. The second kappa shape index (κ2) is 7.88. The van der Waals surface area contributed by atoms with Crippen LogP contribution in [0.2, 0.25) is 0 Å². The number of sulfonamides is 1. The molecule has 0 spiro atoms. The van der Waals surface area contributed by atoms with E-state index in [2.05, 4.69) is 25.8 Å². The number of pyridine rings is 1. The molecule has 162 valence electrons. The first-order chi connectivity index (χ1) is 14.2. The van der Waals surface area contributed by atoms with Gasteiger partial charge in [-0.15, -0.1) is 0 Å². The molecule has 0 radical (unpaired) electrons. The van der Waals surface area contributed by atoms with Crippen molar-refractivity contribution in [2.75, 3.05) is 12.4 Å². The molecule has 4 rings (SSSR count). The van der Waals surface area contributed by atoms with Crippen molar-refractivity contribution in [2.45, 2.75) is 62.6 Å². The van der Waals surface area contributed by atoms with E-state index in [1.54, 1.807) is 12.1 Å². The van der Waals surface area contributed by atoms with Gasteiger partial charge in [0.15, 0.2) is 5.82 Å². The molecule has 0 saturated heterocycles. The van der Waals surface area contributed by atoms with Crippen LogP contribution in [0.4, 0.5) is 16.4 Å². The van der Waals surface area contributed by atoms with Gasteiger partial charge < -0.3 is 15.4 Å². The number of alkyl carbamates (subject to hydrolysis) is 1. The van der Waals surface area contributed by atoms with Crippen molar-refractivity contribution >= 4 is 27.8 Å². The Kier molecular flexibility index (Phi) is 5.41. The summed E-state index contributed by atoms with van der Waals surface area (Å²) >= 11 is 0. The summed E-state index contributed by atoms with van der Waals surface area (Å²) in [4.78, 5) is 16.5. The third-order valence-electron chi connectivity index (χ3n) is 5.35. The van der Waals surface area contributed by atoms with Crippen molar-refractivity contribution in [1.82, 2.24) is 24.8 Å². The van der Waals surface area contributed by atoms with Crippen molar-refractivity contribution in [2.24, 2.45) is 0 Å². The molecule has 3 heterocycles. The molecule has 10 nitrogen and oxygen atoms in total. The number of hydrogen-bond donors (Lipinski definition) is 3. The largest absolute Gasteiger partial charge is 0.446 e. The maximum absolute atomic E-state index is 12.2. The fourth-order valence-corrected chi connectivity index (χ4v) is 5.14. The van der Waals surface area contributed by atoms with E-state index in [4.69, 9.17) is 4.74 Å². The number of rotatable bonds is 5. The predicted molar refractivity (Wildman–Crippen MR) is 110 cm³/mol. The summed E-state index contributed by atoms with van der Waals surface area (Å²) in [5.41, 5.74) is 1.49. The normalized spacial score (nSPS) is 22.8. The quantitative estimate of drug-likeness (QED) is 0.659. The van der Waals surface area contributed by atoms with E-state index < -0.39 is 10.0 Å². The first-order valence-corrected chi connectivity index (χ1v) is 11.4. The van der Waals surface area contributed by atoms with Gasteiger partial charge in [0, 0.05) is 30.8 Å². The van der Waals surface area contributed by atoms with Gasteiger partial charge in [0.1, 0.15) is 16.8 Å². The summed E-state index contributed by atoms with van der Waals surface area (Å²) in [6.45, 7) is 4.04. The Labute approximate surface area is 175 Å². The number of fused-ring (bicyclic) bond motifs is 1. The first-order valence-electron chi connectivity index (χ1n) is 9.98. The lowest BCUT2D eigenvalue weighted by molar-refractivity contribution is 0.0981. The lowest BCUT2D eigenvalue weighted by Crippen LogP contribution is -2.33. The Bertz CT molecular complexity index is 1050. The highest BCUT2D eigenvalue weighted by Gasteiger charge is 2.33. The molecular weight excluding hydrogens is 408 g/mol. The number of carbonyl (C=O) groups excluding carboxylic acids is 1. The molecule has 30 heavy (non-hydrogen) atoms. The average Bonchev–Trinajstić information content (AvgIpc) is 3.34. The van der Waals surface area contributed by atoms with Crippen LogP contribution in [0.5, 0.6) is 0 Å². The van der Waals surface area contributed by atoms with E-state index >= 15 is 0 Å². The van der Waals surface area contributed by atoms with E-state index in [-0.39, 0.29) is 35.6 Å². The van der Waals surface area contributed by atoms with Crippen molar-refractivity contribution in [1.29, 1.82) is 0 Å². The molecule has 1 saturated carbocycles. The zero-order valence-corrected chi connectivity index (χ0v) is 18.0. The van der Waals surface area contributed by atoms with Crippen molar-refractivity contribution in [3.8, 4) is 0 Å². The summed E-state index contributed by atoms with van der Waals surface area (Å²) in [6.07, 6.45) is 1.98. The number of aromatic amines is 1. The Morgan fingerprint density at radius 3 is 2.87 bits per heavy atom. The predicted octanol–water partition coefficient (Wildman–Crippen LogP) is 2.45. The van der Waals surface area contributed by atoms with Gasteiger partial charge in [-0.05, 0) is 45.2 Å². The van der Waals surface area contributed by atoms with Crippen LogP contribution in [0.25, 0.3) is 0 Å². The van der Waals surface area contributed by atoms with Crippen LogP contribution >= 0.6 is 0 Å². The second-order valence-electron chi connectivity index (χ2n) is 8.07.